The van der Waals surface area contributed by atoms with Gasteiger partial charge in [0.05, 0.1) is 24.2 Å². The maximum atomic E-state index is 12.7. The van der Waals surface area contributed by atoms with E-state index in [1.54, 1.807) is 0 Å². The molecule has 4 rings (SSSR count). The van der Waals surface area contributed by atoms with Gasteiger partial charge < -0.3 is 15.0 Å². The van der Waals surface area contributed by atoms with Crippen LogP contribution in [0.2, 0.25) is 0 Å². The number of nitrogens with zero attached hydrogens (tertiary/aromatic N) is 4. The summed E-state index contributed by atoms with van der Waals surface area (Å²) in [5.41, 5.74) is 3.37. The number of amides is 1. The number of hydrogen-bond acceptors (Lipinski definition) is 6. The van der Waals surface area contributed by atoms with E-state index < -0.39 is 0 Å². The SMILES string of the molecule is Cc1cccc(-n2c(SC(C)C(=O)NCCc3ccccc3)nnc2N2CCOCC2)c1. The summed E-state index contributed by atoms with van der Waals surface area (Å²) >= 11 is 1.43. The molecular formula is C24H29N5O2S. The zero-order chi connectivity index (χ0) is 22.3. The van der Waals surface area contributed by atoms with E-state index in [2.05, 4.69) is 62.2 Å². The summed E-state index contributed by atoms with van der Waals surface area (Å²) in [6.07, 6.45) is 0.810. The molecule has 1 fully saturated rings. The fraction of sp³-hybridized carbons (Fsp3) is 0.375. The Morgan fingerprint density at radius 1 is 1.12 bits per heavy atom. The molecule has 7 nitrogen and oxygen atoms in total. The predicted molar refractivity (Wildman–Crippen MR) is 128 cm³/mol. The Hall–Kier alpha value is -2.84. The van der Waals surface area contributed by atoms with Gasteiger partial charge in [-0.2, -0.15) is 0 Å². The van der Waals surface area contributed by atoms with Gasteiger partial charge in [-0.3, -0.25) is 9.36 Å². The molecule has 1 atom stereocenters. The Bertz CT molecular complexity index is 1030. The quantitative estimate of drug-likeness (QED) is 0.530. The number of anilines is 1. The number of rotatable bonds is 8. The lowest BCUT2D eigenvalue weighted by molar-refractivity contribution is -0.120. The van der Waals surface area contributed by atoms with E-state index in [9.17, 15) is 4.79 Å². The number of ether oxygens (including phenoxy) is 1. The standard InChI is InChI=1S/C24H29N5O2S/c1-18-7-6-10-21(17-18)29-23(28-13-15-31-16-14-28)26-27-24(29)32-19(2)22(30)25-12-11-20-8-4-3-5-9-20/h3-10,17,19H,11-16H2,1-2H3,(H,25,30). The van der Waals surface area contributed by atoms with Crippen molar-refractivity contribution in [2.45, 2.75) is 30.7 Å². The van der Waals surface area contributed by atoms with Crippen molar-refractivity contribution < 1.29 is 9.53 Å². The Kier molecular flexibility index (Phi) is 7.44. The van der Waals surface area contributed by atoms with Crippen LogP contribution in [0.25, 0.3) is 5.69 Å². The second-order valence-electron chi connectivity index (χ2n) is 7.84. The first-order chi connectivity index (χ1) is 15.6. The first kappa shape index (κ1) is 22.4. The second-order valence-corrected chi connectivity index (χ2v) is 9.15. The van der Waals surface area contributed by atoms with Crippen molar-refractivity contribution in [3.63, 3.8) is 0 Å². The monoisotopic (exact) mass is 451 g/mol. The predicted octanol–water partition coefficient (Wildman–Crippen LogP) is 3.25. The molecular weight excluding hydrogens is 422 g/mol. The normalized spacial score (nSPS) is 14.9. The number of carbonyl (C=O) groups excluding carboxylic acids is 1. The Balaban J connectivity index is 1.48. The minimum absolute atomic E-state index is 0.00218. The van der Waals surface area contributed by atoms with Crippen LogP contribution in [0, 0.1) is 6.92 Å². The van der Waals surface area contributed by atoms with Crippen molar-refractivity contribution in [2.24, 2.45) is 0 Å². The van der Waals surface area contributed by atoms with E-state index in [-0.39, 0.29) is 11.2 Å². The van der Waals surface area contributed by atoms with Crippen LogP contribution < -0.4 is 10.2 Å². The number of aryl methyl sites for hydroxylation is 1. The third kappa shape index (κ3) is 5.49. The highest BCUT2D eigenvalue weighted by molar-refractivity contribution is 8.00. The number of nitrogens with one attached hydrogen (secondary N) is 1. The molecule has 0 bridgehead atoms. The van der Waals surface area contributed by atoms with Gasteiger partial charge in [0.1, 0.15) is 0 Å². The largest absolute Gasteiger partial charge is 0.378 e. The van der Waals surface area contributed by atoms with Crippen LogP contribution in [0.4, 0.5) is 5.95 Å². The Morgan fingerprint density at radius 2 is 1.91 bits per heavy atom. The molecule has 1 unspecified atom stereocenters. The highest BCUT2D eigenvalue weighted by Crippen LogP contribution is 2.30. The third-order valence-corrected chi connectivity index (χ3v) is 6.42. The molecule has 0 radical (unpaired) electrons. The molecule has 168 valence electrons. The van der Waals surface area contributed by atoms with E-state index in [0.717, 1.165) is 36.7 Å². The fourth-order valence-corrected chi connectivity index (χ4v) is 4.52. The van der Waals surface area contributed by atoms with Crippen LogP contribution in [0.15, 0.2) is 59.8 Å². The number of carbonyl (C=O) groups is 1. The van der Waals surface area contributed by atoms with Gasteiger partial charge in [-0.1, -0.05) is 54.2 Å². The molecule has 2 aromatic carbocycles. The van der Waals surface area contributed by atoms with Gasteiger partial charge in [-0.15, -0.1) is 10.2 Å². The Morgan fingerprint density at radius 3 is 2.66 bits per heavy atom. The summed E-state index contributed by atoms with van der Waals surface area (Å²) < 4.78 is 7.55. The first-order valence-corrected chi connectivity index (χ1v) is 11.8. The van der Waals surface area contributed by atoms with E-state index in [1.165, 1.54) is 17.3 Å². The average molecular weight is 452 g/mol. The summed E-state index contributed by atoms with van der Waals surface area (Å²) in [5, 5.41) is 12.4. The van der Waals surface area contributed by atoms with Crippen molar-refractivity contribution in [1.82, 2.24) is 20.1 Å². The van der Waals surface area contributed by atoms with Crippen molar-refractivity contribution in [3.05, 3.63) is 65.7 Å². The average Bonchev–Trinajstić information content (AvgIpc) is 3.23. The molecule has 1 aliphatic rings. The van der Waals surface area contributed by atoms with Crippen molar-refractivity contribution in [1.29, 1.82) is 0 Å². The third-order valence-electron chi connectivity index (χ3n) is 5.38. The van der Waals surface area contributed by atoms with Crippen LogP contribution in [0.3, 0.4) is 0 Å². The molecule has 0 saturated carbocycles. The molecule has 0 aliphatic carbocycles. The van der Waals surface area contributed by atoms with Gasteiger partial charge >= 0.3 is 0 Å². The summed E-state index contributed by atoms with van der Waals surface area (Å²) in [6.45, 7) is 7.46. The zero-order valence-electron chi connectivity index (χ0n) is 18.5. The van der Waals surface area contributed by atoms with Crippen LogP contribution in [-0.2, 0) is 16.0 Å². The van der Waals surface area contributed by atoms with Crippen LogP contribution in [0.5, 0.6) is 0 Å². The van der Waals surface area contributed by atoms with Gasteiger partial charge in [0.25, 0.3) is 0 Å². The smallest absolute Gasteiger partial charge is 0.233 e. The van der Waals surface area contributed by atoms with Gasteiger partial charge in [0.15, 0.2) is 5.16 Å². The molecule has 1 aromatic heterocycles. The lowest BCUT2D eigenvalue weighted by atomic mass is 10.1. The molecule has 1 amide bonds. The van der Waals surface area contributed by atoms with Crippen LogP contribution in [0.1, 0.15) is 18.1 Å². The summed E-state index contributed by atoms with van der Waals surface area (Å²) in [6, 6.07) is 18.4. The highest BCUT2D eigenvalue weighted by Gasteiger charge is 2.24. The highest BCUT2D eigenvalue weighted by atomic mass is 32.2. The molecule has 8 heteroatoms. The topological polar surface area (TPSA) is 72.3 Å². The van der Waals surface area contributed by atoms with Crippen molar-refractivity contribution >= 4 is 23.6 Å². The lowest BCUT2D eigenvalue weighted by Gasteiger charge is -2.28. The van der Waals surface area contributed by atoms with Crippen LogP contribution in [-0.4, -0.2) is 58.8 Å². The molecule has 1 aliphatic heterocycles. The minimum atomic E-state index is -0.295. The zero-order valence-corrected chi connectivity index (χ0v) is 19.3. The van der Waals surface area contributed by atoms with Gasteiger partial charge in [0.2, 0.25) is 11.9 Å². The van der Waals surface area contributed by atoms with Crippen molar-refractivity contribution in [3.8, 4) is 5.69 Å². The minimum Gasteiger partial charge on any atom is -0.378 e. The van der Waals surface area contributed by atoms with Gasteiger partial charge in [-0.05, 0) is 43.5 Å². The molecule has 0 spiro atoms. The molecule has 1 saturated heterocycles. The van der Waals surface area contributed by atoms with E-state index >= 15 is 0 Å². The van der Waals surface area contributed by atoms with E-state index in [4.69, 9.17) is 4.74 Å². The van der Waals surface area contributed by atoms with Crippen LogP contribution >= 0.6 is 11.8 Å². The molecule has 2 heterocycles. The summed E-state index contributed by atoms with van der Waals surface area (Å²) in [4.78, 5) is 14.9. The number of aromatic nitrogens is 3. The summed E-state index contributed by atoms with van der Waals surface area (Å²) in [7, 11) is 0. The summed E-state index contributed by atoms with van der Waals surface area (Å²) in [5.74, 6) is 0.788. The number of hydrogen-bond donors (Lipinski definition) is 1. The number of benzene rings is 2. The van der Waals surface area contributed by atoms with Gasteiger partial charge in [0, 0.05) is 19.6 Å². The first-order valence-electron chi connectivity index (χ1n) is 11.0. The van der Waals surface area contributed by atoms with E-state index in [0.29, 0.717) is 24.9 Å². The molecule has 1 N–H and O–H groups in total. The lowest BCUT2D eigenvalue weighted by Crippen LogP contribution is -2.38. The maximum Gasteiger partial charge on any atom is 0.233 e. The second kappa shape index (κ2) is 10.7. The number of morpholine rings is 1. The van der Waals surface area contributed by atoms with Gasteiger partial charge in [-0.25, -0.2) is 0 Å². The fourth-order valence-electron chi connectivity index (χ4n) is 3.63. The Labute approximate surface area is 193 Å². The van der Waals surface area contributed by atoms with E-state index in [1.807, 2.05) is 31.2 Å². The molecule has 3 aromatic rings. The van der Waals surface area contributed by atoms with Crippen molar-refractivity contribution in [2.75, 3.05) is 37.7 Å². The molecule has 32 heavy (non-hydrogen) atoms. The maximum absolute atomic E-state index is 12.7. The number of thioether (sulfide) groups is 1.